The predicted octanol–water partition coefficient (Wildman–Crippen LogP) is 1.35. The van der Waals surface area contributed by atoms with Crippen molar-refractivity contribution in [3.8, 4) is 0 Å². The van der Waals surface area contributed by atoms with E-state index in [-0.39, 0.29) is 32.5 Å². The molecule has 1 aliphatic rings. The molecule has 0 aromatic carbocycles. The Bertz CT molecular complexity index is 453. The van der Waals surface area contributed by atoms with E-state index in [1.165, 1.54) is 0 Å². The van der Waals surface area contributed by atoms with E-state index in [1.807, 2.05) is 0 Å². The maximum Gasteiger partial charge on any atom is 0.389 e. The summed E-state index contributed by atoms with van der Waals surface area (Å²) in [7, 11) is -3.83. The Kier molecular flexibility index (Phi) is 6.41. The molecule has 1 rings (SSSR count). The summed E-state index contributed by atoms with van der Waals surface area (Å²) in [6.45, 7) is 0.0293. The lowest BCUT2D eigenvalue weighted by atomic mass is 10.0. The van der Waals surface area contributed by atoms with Crippen LogP contribution in [0.2, 0.25) is 0 Å². The average molecular weight is 332 g/mol. The molecule has 6 nitrogen and oxygen atoms in total. The van der Waals surface area contributed by atoms with Gasteiger partial charge in [0.05, 0.1) is 5.92 Å². The topological polar surface area (TPSA) is 86.7 Å². The number of carbonyl (C=O) groups is 1. The van der Waals surface area contributed by atoms with Crippen LogP contribution in [0.25, 0.3) is 0 Å². The fraction of sp³-hybridized carbons (Fsp3) is 0.909. The molecule has 1 saturated heterocycles. The van der Waals surface area contributed by atoms with Gasteiger partial charge in [0.25, 0.3) is 10.2 Å². The molecule has 0 amide bonds. The third-order valence-corrected chi connectivity index (χ3v) is 4.83. The molecule has 21 heavy (non-hydrogen) atoms. The number of alkyl halides is 3. The van der Waals surface area contributed by atoms with Crippen LogP contribution in [0.4, 0.5) is 13.2 Å². The van der Waals surface area contributed by atoms with Crippen molar-refractivity contribution in [3.05, 3.63) is 0 Å². The van der Waals surface area contributed by atoms with E-state index in [2.05, 4.69) is 4.72 Å². The van der Waals surface area contributed by atoms with Crippen molar-refractivity contribution >= 4 is 16.2 Å². The second-order valence-corrected chi connectivity index (χ2v) is 6.76. The van der Waals surface area contributed by atoms with Crippen molar-refractivity contribution < 1.29 is 31.5 Å². The molecule has 1 fully saturated rings. The summed E-state index contributed by atoms with van der Waals surface area (Å²) in [5, 5.41) is 8.90. The smallest absolute Gasteiger partial charge is 0.389 e. The van der Waals surface area contributed by atoms with E-state index in [0.717, 1.165) is 4.31 Å². The van der Waals surface area contributed by atoms with Crippen molar-refractivity contribution in [2.24, 2.45) is 5.92 Å². The Balaban J connectivity index is 2.37. The van der Waals surface area contributed by atoms with Gasteiger partial charge in [-0.3, -0.25) is 4.79 Å². The van der Waals surface area contributed by atoms with Crippen LogP contribution in [-0.4, -0.2) is 49.6 Å². The zero-order valence-electron chi connectivity index (χ0n) is 11.4. The molecule has 0 bridgehead atoms. The molecule has 1 aliphatic heterocycles. The highest BCUT2D eigenvalue weighted by atomic mass is 32.2. The van der Waals surface area contributed by atoms with Crippen molar-refractivity contribution in [3.63, 3.8) is 0 Å². The van der Waals surface area contributed by atoms with E-state index in [9.17, 15) is 26.4 Å². The molecule has 0 spiro atoms. The third kappa shape index (κ3) is 6.62. The summed E-state index contributed by atoms with van der Waals surface area (Å²) in [5.74, 6) is -1.78. The molecule has 1 heterocycles. The Labute approximate surface area is 121 Å². The SMILES string of the molecule is O=C(O)C1CCCN(S(=O)(=O)NCCCCC(F)(F)F)C1. The first kappa shape index (κ1) is 18.2. The number of unbranched alkanes of at least 4 members (excludes halogenated alkanes) is 1. The summed E-state index contributed by atoms with van der Waals surface area (Å²) in [5.41, 5.74) is 0. The number of hydrogen-bond donors (Lipinski definition) is 2. The molecule has 124 valence electrons. The van der Waals surface area contributed by atoms with Crippen LogP contribution in [0.5, 0.6) is 0 Å². The van der Waals surface area contributed by atoms with Crippen LogP contribution in [0.1, 0.15) is 32.1 Å². The lowest BCUT2D eigenvalue weighted by Crippen LogP contribution is -2.47. The number of piperidine rings is 1. The Morgan fingerprint density at radius 2 is 2.00 bits per heavy atom. The number of carboxylic acids is 1. The lowest BCUT2D eigenvalue weighted by molar-refractivity contribution is -0.143. The van der Waals surface area contributed by atoms with Gasteiger partial charge in [0.2, 0.25) is 0 Å². The van der Waals surface area contributed by atoms with E-state index < -0.39 is 34.7 Å². The van der Waals surface area contributed by atoms with Gasteiger partial charge in [0.15, 0.2) is 0 Å². The Morgan fingerprint density at radius 1 is 1.33 bits per heavy atom. The van der Waals surface area contributed by atoms with E-state index >= 15 is 0 Å². The lowest BCUT2D eigenvalue weighted by Gasteiger charge is -2.29. The predicted molar refractivity (Wildman–Crippen MR) is 68.8 cm³/mol. The molecular weight excluding hydrogens is 313 g/mol. The number of hydrogen-bond acceptors (Lipinski definition) is 3. The van der Waals surface area contributed by atoms with Gasteiger partial charge in [-0.15, -0.1) is 0 Å². The fourth-order valence-electron chi connectivity index (χ4n) is 2.11. The Hall–Kier alpha value is -0.870. The molecule has 0 saturated carbocycles. The minimum Gasteiger partial charge on any atom is -0.481 e. The molecule has 10 heteroatoms. The molecule has 0 aliphatic carbocycles. The van der Waals surface area contributed by atoms with E-state index in [4.69, 9.17) is 5.11 Å². The highest BCUT2D eigenvalue weighted by Gasteiger charge is 2.32. The third-order valence-electron chi connectivity index (χ3n) is 3.24. The fourth-order valence-corrected chi connectivity index (χ4v) is 3.44. The summed E-state index contributed by atoms with van der Waals surface area (Å²) >= 11 is 0. The van der Waals surface area contributed by atoms with E-state index in [1.54, 1.807) is 0 Å². The summed E-state index contributed by atoms with van der Waals surface area (Å²) in [6.07, 6.45) is -4.38. The molecule has 0 aromatic rings. The van der Waals surface area contributed by atoms with Gasteiger partial charge < -0.3 is 5.11 Å². The molecule has 1 atom stereocenters. The van der Waals surface area contributed by atoms with Gasteiger partial charge in [-0.2, -0.15) is 25.9 Å². The zero-order valence-corrected chi connectivity index (χ0v) is 12.2. The van der Waals surface area contributed by atoms with Gasteiger partial charge >= 0.3 is 12.1 Å². The maximum absolute atomic E-state index is 11.9. The largest absolute Gasteiger partial charge is 0.481 e. The van der Waals surface area contributed by atoms with Crippen LogP contribution >= 0.6 is 0 Å². The normalized spacial score (nSPS) is 21.4. The first-order valence-electron chi connectivity index (χ1n) is 6.66. The first-order chi connectivity index (χ1) is 9.62. The molecule has 0 aromatic heterocycles. The van der Waals surface area contributed by atoms with Gasteiger partial charge in [0, 0.05) is 26.1 Å². The van der Waals surface area contributed by atoms with Crippen molar-refractivity contribution in [1.82, 2.24) is 9.03 Å². The zero-order chi connectivity index (χ0) is 16.1. The first-order valence-corrected chi connectivity index (χ1v) is 8.10. The van der Waals surface area contributed by atoms with Gasteiger partial charge in [0.1, 0.15) is 0 Å². The van der Waals surface area contributed by atoms with Gasteiger partial charge in [-0.25, -0.2) is 4.72 Å². The summed E-state index contributed by atoms with van der Waals surface area (Å²) < 4.78 is 62.9. The van der Waals surface area contributed by atoms with Crippen LogP contribution in [0.3, 0.4) is 0 Å². The minimum absolute atomic E-state index is 0.0783. The van der Waals surface area contributed by atoms with Crippen molar-refractivity contribution in [2.75, 3.05) is 19.6 Å². The average Bonchev–Trinajstić information content (AvgIpc) is 2.37. The minimum atomic E-state index is -4.24. The molecule has 1 unspecified atom stereocenters. The van der Waals surface area contributed by atoms with Gasteiger partial charge in [-0.05, 0) is 25.7 Å². The highest BCUT2D eigenvalue weighted by Crippen LogP contribution is 2.22. The molecule has 2 N–H and O–H groups in total. The van der Waals surface area contributed by atoms with Crippen molar-refractivity contribution in [1.29, 1.82) is 0 Å². The highest BCUT2D eigenvalue weighted by molar-refractivity contribution is 7.87. The van der Waals surface area contributed by atoms with E-state index in [0.29, 0.717) is 12.8 Å². The van der Waals surface area contributed by atoms with Crippen LogP contribution in [0.15, 0.2) is 0 Å². The van der Waals surface area contributed by atoms with Crippen LogP contribution in [0, 0.1) is 5.92 Å². The number of carboxylic acid groups (broad SMARTS) is 1. The van der Waals surface area contributed by atoms with Gasteiger partial charge in [-0.1, -0.05) is 0 Å². The number of halogens is 3. The molecule has 0 radical (unpaired) electrons. The standard InChI is InChI=1S/C11H19F3N2O4S/c12-11(13,14)5-1-2-6-15-21(19,20)16-7-3-4-9(8-16)10(17)18/h9,15H,1-8H2,(H,17,18). The number of aliphatic carboxylic acids is 1. The maximum atomic E-state index is 11.9. The summed E-state index contributed by atoms with van der Waals surface area (Å²) in [4.78, 5) is 10.9. The number of nitrogens with one attached hydrogen (secondary N) is 1. The number of rotatable bonds is 7. The van der Waals surface area contributed by atoms with Crippen molar-refractivity contribution in [2.45, 2.75) is 38.3 Å². The second-order valence-electron chi connectivity index (χ2n) is 5.01. The van der Waals surface area contributed by atoms with Crippen LogP contribution in [-0.2, 0) is 15.0 Å². The quantitative estimate of drug-likeness (QED) is 0.689. The van der Waals surface area contributed by atoms with Crippen LogP contribution < -0.4 is 4.72 Å². The summed E-state index contributed by atoms with van der Waals surface area (Å²) in [6, 6.07) is 0. The monoisotopic (exact) mass is 332 g/mol. The molecular formula is C11H19F3N2O4S. The second kappa shape index (κ2) is 7.41. The Morgan fingerprint density at radius 3 is 2.57 bits per heavy atom. The number of nitrogens with zero attached hydrogens (tertiary/aromatic N) is 1.